The van der Waals surface area contributed by atoms with Gasteiger partial charge in [0.2, 0.25) is 5.56 Å². The molecule has 1 amide bonds. The quantitative estimate of drug-likeness (QED) is 0.662. The van der Waals surface area contributed by atoms with E-state index in [1.165, 1.54) is 30.3 Å². The molecule has 0 atom stereocenters. The van der Waals surface area contributed by atoms with Gasteiger partial charge in [0.25, 0.3) is 11.6 Å². The van der Waals surface area contributed by atoms with Gasteiger partial charge in [0.05, 0.1) is 4.92 Å². The molecule has 8 heteroatoms. The largest absolute Gasteiger partial charge is 0.318 e. The smallest absolute Gasteiger partial charge is 0.293 e. The van der Waals surface area contributed by atoms with Crippen molar-refractivity contribution in [1.82, 2.24) is 4.98 Å². The number of aromatic amines is 1. The highest BCUT2D eigenvalue weighted by atomic mass is 79.9. The topological polar surface area (TPSA) is 105 Å². The van der Waals surface area contributed by atoms with Crippen LogP contribution in [0.25, 0.3) is 0 Å². The minimum absolute atomic E-state index is 0.0229. The molecule has 0 fully saturated rings. The summed E-state index contributed by atoms with van der Waals surface area (Å²) in [6, 6.07) is 8.34. The Kier molecular flexibility index (Phi) is 3.94. The first-order valence-corrected chi connectivity index (χ1v) is 6.21. The summed E-state index contributed by atoms with van der Waals surface area (Å²) in [6.45, 7) is 0. The van der Waals surface area contributed by atoms with Gasteiger partial charge in [-0.3, -0.25) is 19.7 Å². The van der Waals surface area contributed by atoms with Crippen molar-refractivity contribution >= 4 is 33.2 Å². The Morgan fingerprint density at radius 1 is 1.30 bits per heavy atom. The second kappa shape index (κ2) is 5.66. The van der Waals surface area contributed by atoms with Crippen LogP contribution >= 0.6 is 15.9 Å². The zero-order valence-corrected chi connectivity index (χ0v) is 11.5. The number of benzene rings is 1. The number of anilines is 1. The van der Waals surface area contributed by atoms with Crippen LogP contribution in [-0.2, 0) is 0 Å². The summed E-state index contributed by atoms with van der Waals surface area (Å²) < 4.78 is 0.523. The van der Waals surface area contributed by atoms with Crippen LogP contribution in [0, 0.1) is 10.1 Å². The van der Waals surface area contributed by atoms with E-state index in [9.17, 15) is 19.7 Å². The predicted molar refractivity (Wildman–Crippen MR) is 75.8 cm³/mol. The van der Waals surface area contributed by atoms with Crippen LogP contribution in [0.2, 0.25) is 0 Å². The fourth-order valence-corrected chi connectivity index (χ4v) is 1.88. The van der Waals surface area contributed by atoms with Gasteiger partial charge in [-0.1, -0.05) is 22.0 Å². The van der Waals surface area contributed by atoms with E-state index in [1.807, 2.05) is 0 Å². The monoisotopic (exact) mass is 337 g/mol. The zero-order valence-electron chi connectivity index (χ0n) is 9.92. The van der Waals surface area contributed by atoms with Gasteiger partial charge in [0.1, 0.15) is 11.4 Å². The molecular weight excluding hydrogens is 330 g/mol. The highest BCUT2D eigenvalue weighted by Crippen LogP contribution is 2.28. The summed E-state index contributed by atoms with van der Waals surface area (Å²) in [5.74, 6) is -0.631. The maximum absolute atomic E-state index is 11.9. The summed E-state index contributed by atoms with van der Waals surface area (Å²) in [4.78, 5) is 35.7. The van der Waals surface area contributed by atoms with E-state index in [4.69, 9.17) is 0 Å². The molecule has 102 valence electrons. The first-order valence-electron chi connectivity index (χ1n) is 5.42. The molecule has 1 heterocycles. The van der Waals surface area contributed by atoms with Crippen LogP contribution in [0.4, 0.5) is 11.4 Å². The summed E-state index contributed by atoms with van der Waals surface area (Å²) >= 11 is 3.12. The summed E-state index contributed by atoms with van der Waals surface area (Å²) in [5.41, 5.74) is -0.600. The van der Waals surface area contributed by atoms with Crippen LogP contribution in [0.5, 0.6) is 0 Å². The van der Waals surface area contributed by atoms with Crippen molar-refractivity contribution in [2.24, 2.45) is 0 Å². The third kappa shape index (κ3) is 3.09. The number of pyridine rings is 1. The van der Waals surface area contributed by atoms with Crippen molar-refractivity contribution in [3.8, 4) is 0 Å². The SMILES string of the molecule is O=C(Nc1ccc(Br)cc1[N+](=O)[O-])c1cccc(=O)[nH]1. The number of nitro groups is 1. The number of nitrogens with one attached hydrogen (secondary N) is 2. The molecule has 0 radical (unpaired) electrons. The van der Waals surface area contributed by atoms with Crippen LogP contribution < -0.4 is 10.9 Å². The van der Waals surface area contributed by atoms with Gasteiger partial charge in [-0.05, 0) is 18.2 Å². The maximum Gasteiger partial charge on any atom is 0.293 e. The number of hydrogen-bond donors (Lipinski definition) is 2. The van der Waals surface area contributed by atoms with E-state index in [1.54, 1.807) is 6.07 Å². The Bertz CT molecular complexity index is 741. The number of H-pyrrole nitrogens is 1. The Hall–Kier alpha value is -2.48. The molecule has 7 nitrogen and oxygen atoms in total. The fraction of sp³-hybridized carbons (Fsp3) is 0. The molecule has 0 aliphatic heterocycles. The number of hydrogen-bond acceptors (Lipinski definition) is 4. The summed E-state index contributed by atoms with van der Waals surface area (Å²) in [6.07, 6.45) is 0. The molecule has 0 saturated heterocycles. The normalized spacial score (nSPS) is 10.1. The number of nitrogens with zero attached hydrogens (tertiary/aromatic N) is 1. The van der Waals surface area contributed by atoms with Crippen molar-refractivity contribution in [3.05, 3.63) is 67.0 Å². The Morgan fingerprint density at radius 3 is 2.70 bits per heavy atom. The van der Waals surface area contributed by atoms with E-state index >= 15 is 0 Å². The Labute approximate surface area is 120 Å². The van der Waals surface area contributed by atoms with Gasteiger partial charge in [0, 0.05) is 16.6 Å². The minimum atomic E-state index is -0.631. The first kappa shape index (κ1) is 13.9. The number of carbonyl (C=O) groups excluding carboxylic acids is 1. The van der Waals surface area contributed by atoms with Crippen LogP contribution in [0.15, 0.2) is 45.7 Å². The number of amides is 1. The lowest BCUT2D eigenvalue weighted by atomic mass is 10.2. The lowest BCUT2D eigenvalue weighted by Gasteiger charge is -2.06. The van der Waals surface area contributed by atoms with Crippen molar-refractivity contribution in [3.63, 3.8) is 0 Å². The highest BCUT2D eigenvalue weighted by Gasteiger charge is 2.17. The molecule has 20 heavy (non-hydrogen) atoms. The van der Waals surface area contributed by atoms with Gasteiger partial charge in [-0.2, -0.15) is 0 Å². The molecule has 0 spiro atoms. The van der Waals surface area contributed by atoms with E-state index in [0.29, 0.717) is 4.47 Å². The van der Waals surface area contributed by atoms with Gasteiger partial charge in [-0.25, -0.2) is 0 Å². The van der Waals surface area contributed by atoms with Gasteiger partial charge in [-0.15, -0.1) is 0 Å². The van der Waals surface area contributed by atoms with Crippen molar-refractivity contribution in [2.45, 2.75) is 0 Å². The third-order valence-electron chi connectivity index (χ3n) is 2.42. The van der Waals surface area contributed by atoms with Gasteiger partial charge < -0.3 is 10.3 Å². The number of aromatic nitrogens is 1. The van der Waals surface area contributed by atoms with E-state index in [2.05, 4.69) is 26.2 Å². The number of rotatable bonds is 3. The summed E-state index contributed by atoms with van der Waals surface area (Å²) in [7, 11) is 0. The lowest BCUT2D eigenvalue weighted by Crippen LogP contribution is -2.18. The van der Waals surface area contributed by atoms with Crippen LogP contribution in [0.1, 0.15) is 10.5 Å². The van der Waals surface area contributed by atoms with Crippen LogP contribution in [-0.4, -0.2) is 15.8 Å². The van der Waals surface area contributed by atoms with E-state index in [0.717, 1.165) is 0 Å². The highest BCUT2D eigenvalue weighted by molar-refractivity contribution is 9.10. The Morgan fingerprint density at radius 2 is 2.05 bits per heavy atom. The zero-order chi connectivity index (χ0) is 14.7. The molecular formula is C12H8BrN3O4. The molecule has 0 aliphatic carbocycles. The average Bonchev–Trinajstić information content (AvgIpc) is 2.40. The van der Waals surface area contributed by atoms with Crippen molar-refractivity contribution < 1.29 is 9.72 Å². The molecule has 2 N–H and O–H groups in total. The molecule has 0 saturated carbocycles. The number of nitro benzene ring substituents is 1. The molecule has 0 unspecified atom stereocenters. The predicted octanol–water partition coefficient (Wildman–Crippen LogP) is 2.30. The second-order valence-electron chi connectivity index (χ2n) is 3.80. The molecule has 1 aromatic heterocycles. The maximum atomic E-state index is 11.9. The molecule has 0 bridgehead atoms. The first-order chi connectivity index (χ1) is 9.47. The van der Waals surface area contributed by atoms with Crippen molar-refractivity contribution in [1.29, 1.82) is 0 Å². The van der Waals surface area contributed by atoms with Crippen molar-refractivity contribution in [2.75, 3.05) is 5.32 Å². The lowest BCUT2D eigenvalue weighted by molar-refractivity contribution is -0.384. The fourth-order valence-electron chi connectivity index (χ4n) is 1.53. The van der Waals surface area contributed by atoms with Gasteiger partial charge >= 0.3 is 0 Å². The number of carbonyl (C=O) groups is 1. The van der Waals surface area contributed by atoms with E-state index < -0.39 is 16.4 Å². The molecule has 0 aliphatic rings. The molecule has 2 rings (SSSR count). The summed E-state index contributed by atoms with van der Waals surface area (Å²) in [5, 5.41) is 13.3. The Balaban J connectivity index is 2.33. The van der Waals surface area contributed by atoms with Crippen LogP contribution in [0.3, 0.4) is 0 Å². The standard InChI is InChI=1S/C12H8BrN3O4/c13-7-4-5-8(10(6-7)16(19)20)15-12(18)9-2-1-3-11(17)14-9/h1-6H,(H,14,17)(H,15,18). The molecule has 1 aromatic carbocycles. The number of halogens is 1. The van der Waals surface area contributed by atoms with E-state index in [-0.39, 0.29) is 17.1 Å². The minimum Gasteiger partial charge on any atom is -0.318 e. The average molecular weight is 338 g/mol. The third-order valence-corrected chi connectivity index (χ3v) is 2.91. The van der Waals surface area contributed by atoms with Gasteiger partial charge in [0.15, 0.2) is 0 Å². The molecule has 2 aromatic rings. The second-order valence-corrected chi connectivity index (χ2v) is 4.72.